The van der Waals surface area contributed by atoms with Gasteiger partial charge in [-0.25, -0.2) is 9.78 Å². The van der Waals surface area contributed by atoms with E-state index in [1.807, 2.05) is 0 Å². The summed E-state index contributed by atoms with van der Waals surface area (Å²) in [4.78, 5) is 30.9. The number of aromatic nitrogens is 1. The highest BCUT2D eigenvalue weighted by Gasteiger charge is 2.26. The van der Waals surface area contributed by atoms with Gasteiger partial charge in [-0.2, -0.15) is 0 Å². The molecule has 0 spiro atoms. The van der Waals surface area contributed by atoms with Crippen LogP contribution >= 0.6 is 22.9 Å². The zero-order valence-electron chi connectivity index (χ0n) is 12.3. The van der Waals surface area contributed by atoms with E-state index in [4.69, 9.17) is 11.6 Å². The van der Waals surface area contributed by atoms with Crippen molar-refractivity contribution in [3.63, 3.8) is 0 Å². The molecule has 1 aromatic heterocycles. The number of thiazole rings is 1. The number of hydrogen-bond acceptors (Lipinski definition) is 5. The van der Waals surface area contributed by atoms with Crippen LogP contribution in [0.3, 0.4) is 0 Å². The van der Waals surface area contributed by atoms with E-state index in [-0.39, 0.29) is 5.91 Å². The number of nitrogens with one attached hydrogen (secondary N) is 1. The van der Waals surface area contributed by atoms with Crippen LogP contribution in [0, 0.1) is 0 Å². The van der Waals surface area contributed by atoms with E-state index in [0.29, 0.717) is 35.2 Å². The fourth-order valence-corrected chi connectivity index (χ4v) is 3.59. The molecular formula is C15H14ClN3O3S. The summed E-state index contributed by atoms with van der Waals surface area (Å²) in [5.74, 6) is -0.0999. The molecule has 1 aliphatic heterocycles. The van der Waals surface area contributed by atoms with Gasteiger partial charge >= 0.3 is 6.09 Å². The summed E-state index contributed by atoms with van der Waals surface area (Å²) < 4.78 is 4.55. The number of anilines is 1. The molecule has 0 unspecified atom stereocenters. The Morgan fingerprint density at radius 2 is 2.17 bits per heavy atom. The highest BCUT2D eigenvalue weighted by atomic mass is 35.5. The van der Waals surface area contributed by atoms with Gasteiger partial charge in [0.1, 0.15) is 0 Å². The number of amides is 2. The molecule has 0 radical (unpaired) electrons. The smallest absolute Gasteiger partial charge is 0.413 e. The topological polar surface area (TPSA) is 71.5 Å². The predicted octanol–water partition coefficient (Wildman–Crippen LogP) is 3.17. The SMILES string of the molecule is COC(=O)Nc1nc2c(s1)CN(C(=O)c1ccccc1Cl)CC2. The van der Waals surface area contributed by atoms with Crippen molar-refractivity contribution in [3.8, 4) is 0 Å². The molecule has 0 saturated carbocycles. The van der Waals surface area contributed by atoms with Crippen molar-refractivity contribution < 1.29 is 14.3 Å². The van der Waals surface area contributed by atoms with Gasteiger partial charge in [0, 0.05) is 17.8 Å². The van der Waals surface area contributed by atoms with Crippen LogP contribution < -0.4 is 5.32 Å². The van der Waals surface area contributed by atoms with Crippen molar-refractivity contribution in [2.24, 2.45) is 0 Å². The number of benzene rings is 1. The highest BCUT2D eigenvalue weighted by Crippen LogP contribution is 2.29. The van der Waals surface area contributed by atoms with Gasteiger partial charge in [0.15, 0.2) is 5.13 Å². The van der Waals surface area contributed by atoms with Crippen LogP contribution in [0.25, 0.3) is 0 Å². The number of carbonyl (C=O) groups is 2. The summed E-state index contributed by atoms with van der Waals surface area (Å²) in [7, 11) is 1.30. The van der Waals surface area contributed by atoms with Gasteiger partial charge in [0.25, 0.3) is 5.91 Å². The maximum Gasteiger partial charge on any atom is 0.413 e. The molecule has 2 amide bonds. The van der Waals surface area contributed by atoms with Crippen LogP contribution in [0.15, 0.2) is 24.3 Å². The molecule has 120 valence electrons. The van der Waals surface area contributed by atoms with Gasteiger partial charge in [-0.15, -0.1) is 0 Å². The molecule has 6 nitrogen and oxygen atoms in total. The number of nitrogens with zero attached hydrogens (tertiary/aromatic N) is 2. The Morgan fingerprint density at radius 1 is 1.39 bits per heavy atom. The second kappa shape index (κ2) is 6.55. The first-order valence-corrected chi connectivity index (χ1v) is 8.15. The Labute approximate surface area is 142 Å². The minimum atomic E-state index is -0.555. The summed E-state index contributed by atoms with van der Waals surface area (Å²) in [5.41, 5.74) is 1.40. The Kier molecular flexibility index (Phi) is 4.49. The van der Waals surface area contributed by atoms with E-state index in [2.05, 4.69) is 15.0 Å². The summed E-state index contributed by atoms with van der Waals surface area (Å²) in [6, 6.07) is 7.01. The summed E-state index contributed by atoms with van der Waals surface area (Å²) in [6.07, 6.45) is 0.0883. The van der Waals surface area contributed by atoms with Gasteiger partial charge in [-0.3, -0.25) is 10.1 Å². The lowest BCUT2D eigenvalue weighted by Crippen LogP contribution is -2.35. The van der Waals surface area contributed by atoms with Crippen molar-refractivity contribution in [1.82, 2.24) is 9.88 Å². The average molecular weight is 352 g/mol. The van der Waals surface area contributed by atoms with Crippen LogP contribution in [0.1, 0.15) is 20.9 Å². The van der Waals surface area contributed by atoms with Gasteiger partial charge in [-0.05, 0) is 12.1 Å². The minimum Gasteiger partial charge on any atom is -0.453 e. The van der Waals surface area contributed by atoms with Crippen molar-refractivity contribution in [3.05, 3.63) is 45.4 Å². The number of fused-ring (bicyclic) bond motifs is 1. The number of methoxy groups -OCH3 is 1. The number of ether oxygens (including phenoxy) is 1. The van der Waals surface area contributed by atoms with Crippen molar-refractivity contribution in [1.29, 1.82) is 0 Å². The fourth-order valence-electron chi connectivity index (χ4n) is 2.37. The maximum absolute atomic E-state index is 12.6. The zero-order chi connectivity index (χ0) is 16.4. The fraction of sp³-hybridized carbons (Fsp3) is 0.267. The minimum absolute atomic E-state index is 0.0999. The molecule has 0 fully saturated rings. The standard InChI is InChI=1S/C15H14ClN3O3S/c1-22-15(21)18-14-17-11-6-7-19(8-12(11)23-14)13(20)9-4-2-3-5-10(9)16/h2-5H,6-8H2,1H3,(H,17,18,21). The molecule has 0 bridgehead atoms. The molecule has 0 atom stereocenters. The third-order valence-corrected chi connectivity index (χ3v) is 4.84. The lowest BCUT2D eigenvalue weighted by Gasteiger charge is -2.26. The summed E-state index contributed by atoms with van der Waals surface area (Å²) in [5, 5.41) is 3.48. The van der Waals surface area contributed by atoms with Crippen LogP contribution in [0.5, 0.6) is 0 Å². The van der Waals surface area contributed by atoms with E-state index in [1.165, 1.54) is 18.4 Å². The van der Waals surface area contributed by atoms with E-state index in [0.717, 1.165) is 10.6 Å². The van der Waals surface area contributed by atoms with Gasteiger partial charge in [0.2, 0.25) is 0 Å². The van der Waals surface area contributed by atoms with Gasteiger partial charge < -0.3 is 9.64 Å². The maximum atomic E-state index is 12.6. The Hall–Kier alpha value is -2.12. The highest BCUT2D eigenvalue weighted by molar-refractivity contribution is 7.15. The van der Waals surface area contributed by atoms with E-state index in [9.17, 15) is 9.59 Å². The van der Waals surface area contributed by atoms with Crippen LogP contribution in [-0.4, -0.2) is 35.5 Å². The largest absolute Gasteiger partial charge is 0.453 e. The average Bonchev–Trinajstić information content (AvgIpc) is 2.95. The normalized spacial score (nSPS) is 13.4. The van der Waals surface area contributed by atoms with Crippen molar-refractivity contribution >= 4 is 40.1 Å². The molecule has 0 aliphatic carbocycles. The first kappa shape index (κ1) is 15.8. The molecule has 1 aromatic carbocycles. The molecular weight excluding hydrogens is 338 g/mol. The number of carbonyl (C=O) groups excluding carboxylic acids is 2. The summed E-state index contributed by atoms with van der Waals surface area (Å²) in [6.45, 7) is 1.03. The molecule has 8 heteroatoms. The van der Waals surface area contributed by atoms with Gasteiger partial charge in [0.05, 0.1) is 29.9 Å². The van der Waals surface area contributed by atoms with E-state index in [1.54, 1.807) is 29.2 Å². The van der Waals surface area contributed by atoms with Gasteiger partial charge in [-0.1, -0.05) is 35.1 Å². The van der Waals surface area contributed by atoms with Crippen molar-refractivity contribution in [2.45, 2.75) is 13.0 Å². The van der Waals surface area contributed by atoms with Crippen LogP contribution in [0.4, 0.5) is 9.93 Å². The molecule has 2 heterocycles. The Balaban J connectivity index is 1.76. The molecule has 0 saturated heterocycles. The van der Waals surface area contributed by atoms with Crippen LogP contribution in [-0.2, 0) is 17.7 Å². The second-order valence-corrected chi connectivity index (χ2v) is 6.45. The molecule has 1 aliphatic rings. The second-order valence-electron chi connectivity index (χ2n) is 4.96. The lowest BCUT2D eigenvalue weighted by atomic mass is 10.1. The van der Waals surface area contributed by atoms with E-state index < -0.39 is 6.09 Å². The molecule has 1 N–H and O–H groups in total. The third kappa shape index (κ3) is 3.30. The first-order chi connectivity index (χ1) is 11.1. The van der Waals surface area contributed by atoms with E-state index >= 15 is 0 Å². The molecule has 2 aromatic rings. The van der Waals surface area contributed by atoms with Crippen molar-refractivity contribution in [2.75, 3.05) is 19.0 Å². The molecule has 23 heavy (non-hydrogen) atoms. The third-order valence-electron chi connectivity index (χ3n) is 3.52. The predicted molar refractivity (Wildman–Crippen MR) is 88.0 cm³/mol. The quantitative estimate of drug-likeness (QED) is 0.902. The monoisotopic (exact) mass is 351 g/mol. The Morgan fingerprint density at radius 3 is 2.91 bits per heavy atom. The summed E-state index contributed by atoms with van der Waals surface area (Å²) >= 11 is 7.45. The first-order valence-electron chi connectivity index (χ1n) is 6.96. The number of halogens is 1. The lowest BCUT2D eigenvalue weighted by molar-refractivity contribution is 0.0736. The number of rotatable bonds is 2. The molecule has 3 rings (SSSR count). The zero-order valence-corrected chi connectivity index (χ0v) is 13.9. The number of hydrogen-bond donors (Lipinski definition) is 1. The van der Waals surface area contributed by atoms with Crippen LogP contribution in [0.2, 0.25) is 5.02 Å². The Bertz CT molecular complexity index is 762.